The van der Waals surface area contributed by atoms with Crippen LogP contribution in [0.1, 0.15) is 22.3 Å². The van der Waals surface area contributed by atoms with Crippen molar-refractivity contribution in [3.05, 3.63) is 222 Å². The Kier molecular flexibility index (Phi) is 6.16. The van der Waals surface area contributed by atoms with Gasteiger partial charge in [0.15, 0.2) is 0 Å². The third kappa shape index (κ3) is 3.95. The number of para-hydroxylation sites is 6. The van der Waals surface area contributed by atoms with Crippen molar-refractivity contribution in [3.8, 4) is 17.1 Å². The quantitative estimate of drug-likeness (QED) is 0.171. The van der Waals surface area contributed by atoms with Crippen molar-refractivity contribution < 1.29 is 0 Å². The van der Waals surface area contributed by atoms with Crippen molar-refractivity contribution in [3.63, 3.8) is 0 Å². The lowest BCUT2D eigenvalue weighted by atomic mass is 9.62. The van der Waals surface area contributed by atoms with Gasteiger partial charge in [0.2, 0.25) is 0 Å². The van der Waals surface area contributed by atoms with Gasteiger partial charge in [0.25, 0.3) is 0 Å². The van der Waals surface area contributed by atoms with E-state index < -0.39 is 5.41 Å². The first-order valence-electron chi connectivity index (χ1n) is 20.4. The highest BCUT2D eigenvalue weighted by atomic mass is 32.2. The topological polar surface area (TPSA) is 14.8 Å². The first-order chi connectivity index (χ1) is 29.3. The fourth-order valence-electron chi connectivity index (χ4n) is 11.0. The van der Waals surface area contributed by atoms with Crippen LogP contribution in [0.4, 0.5) is 0 Å². The molecule has 0 fully saturated rings. The lowest BCUT2D eigenvalue weighted by Gasteiger charge is -2.45. The van der Waals surface area contributed by atoms with Crippen molar-refractivity contribution in [1.82, 2.24) is 13.7 Å². The van der Waals surface area contributed by atoms with Gasteiger partial charge in [-0.3, -0.25) is 0 Å². The van der Waals surface area contributed by atoms with Crippen LogP contribution in [0.3, 0.4) is 0 Å². The highest BCUT2D eigenvalue weighted by Crippen LogP contribution is 2.61. The molecule has 0 aliphatic carbocycles. The summed E-state index contributed by atoms with van der Waals surface area (Å²) in [6.45, 7) is 0. The molecule has 5 heterocycles. The molecule has 2 aliphatic heterocycles. The number of fused-ring (bicyclic) bond motifs is 17. The number of nitrogens with zero attached hydrogens (tertiary/aromatic N) is 3. The molecule has 0 bridgehead atoms. The molecule has 9 aromatic carbocycles. The van der Waals surface area contributed by atoms with E-state index in [2.05, 4.69) is 214 Å². The molecule has 0 saturated heterocycles. The number of hydrogen-bond acceptors (Lipinski definition) is 1. The van der Waals surface area contributed by atoms with E-state index in [0.29, 0.717) is 0 Å². The van der Waals surface area contributed by atoms with E-state index >= 15 is 0 Å². The Morgan fingerprint density at radius 2 is 0.864 bits per heavy atom. The van der Waals surface area contributed by atoms with Crippen molar-refractivity contribution in [2.24, 2.45) is 0 Å². The van der Waals surface area contributed by atoms with Gasteiger partial charge in [0.05, 0.1) is 44.2 Å². The molecule has 14 rings (SSSR count). The van der Waals surface area contributed by atoms with Crippen LogP contribution in [0.15, 0.2) is 210 Å². The van der Waals surface area contributed by atoms with Crippen LogP contribution in [0.5, 0.6) is 0 Å². The lowest BCUT2D eigenvalue weighted by molar-refractivity contribution is 0.690. The Bertz CT molecular complexity index is 3770. The van der Waals surface area contributed by atoms with Crippen molar-refractivity contribution in [1.29, 1.82) is 0 Å². The summed E-state index contributed by atoms with van der Waals surface area (Å²) in [7, 11) is 0. The second-order valence-corrected chi connectivity index (χ2v) is 17.1. The molecule has 0 N–H and O–H groups in total. The third-order valence-electron chi connectivity index (χ3n) is 13.3. The zero-order chi connectivity index (χ0) is 38.4. The van der Waals surface area contributed by atoms with E-state index in [1.165, 1.54) is 103 Å². The third-order valence-corrected chi connectivity index (χ3v) is 14.4. The standard InChI is InChI=1S/C55H33N3S/c1-2-15-34(16-3-1)56-46-24-9-4-17-36(46)39-30-29-35(31-50(39)56)57-47-25-10-6-19-38(47)41-32-53-45(33-51(41)57)55(43-22-8-13-28-52(43)59-53)42-21-7-12-27-49(42)58-48-26-11-5-18-37(48)40-20-14-23-44(55)54(40)58/h1-33H. The van der Waals surface area contributed by atoms with Crippen LogP contribution < -0.4 is 0 Å². The predicted molar refractivity (Wildman–Crippen MR) is 245 cm³/mol. The monoisotopic (exact) mass is 767 g/mol. The van der Waals surface area contributed by atoms with Gasteiger partial charge in [0.1, 0.15) is 0 Å². The molecule has 1 atom stereocenters. The maximum Gasteiger partial charge on any atom is 0.0765 e. The number of benzene rings is 9. The molecule has 0 amide bonds. The van der Waals surface area contributed by atoms with E-state index in [9.17, 15) is 0 Å². The maximum atomic E-state index is 2.55. The molecule has 274 valence electrons. The molecule has 3 nitrogen and oxygen atoms in total. The second-order valence-electron chi connectivity index (χ2n) is 16.0. The second kappa shape index (κ2) is 11.4. The van der Waals surface area contributed by atoms with Crippen LogP contribution in [0, 0.1) is 0 Å². The van der Waals surface area contributed by atoms with Crippen LogP contribution in [0.2, 0.25) is 0 Å². The average Bonchev–Trinajstić information content (AvgIpc) is 3.93. The molecular weight excluding hydrogens is 735 g/mol. The van der Waals surface area contributed by atoms with Crippen molar-refractivity contribution >= 4 is 77.2 Å². The normalized spacial score (nSPS) is 15.5. The average molecular weight is 768 g/mol. The zero-order valence-corrected chi connectivity index (χ0v) is 32.6. The van der Waals surface area contributed by atoms with Gasteiger partial charge in [0, 0.05) is 53.5 Å². The summed E-state index contributed by atoms with van der Waals surface area (Å²) in [6.07, 6.45) is 0. The molecule has 3 aromatic heterocycles. The first kappa shape index (κ1) is 31.8. The number of hydrogen-bond donors (Lipinski definition) is 0. The Hall–Kier alpha value is -7.27. The van der Waals surface area contributed by atoms with Gasteiger partial charge >= 0.3 is 0 Å². The Labute approximate surface area is 344 Å². The minimum Gasteiger partial charge on any atom is -0.309 e. The predicted octanol–water partition coefficient (Wildman–Crippen LogP) is 14.1. The van der Waals surface area contributed by atoms with E-state index in [0.717, 1.165) is 11.4 Å². The van der Waals surface area contributed by atoms with Crippen molar-refractivity contribution in [2.75, 3.05) is 0 Å². The van der Waals surface area contributed by atoms with Crippen LogP contribution in [0.25, 0.3) is 82.5 Å². The molecule has 12 aromatic rings. The zero-order valence-electron chi connectivity index (χ0n) is 31.8. The minimum absolute atomic E-state index is 0.559. The van der Waals surface area contributed by atoms with Crippen LogP contribution >= 0.6 is 11.8 Å². The highest BCUT2D eigenvalue weighted by molar-refractivity contribution is 7.99. The van der Waals surface area contributed by atoms with Gasteiger partial charge in [-0.05, 0) is 89.0 Å². The summed E-state index contributed by atoms with van der Waals surface area (Å²) in [5, 5.41) is 7.61. The van der Waals surface area contributed by atoms with Crippen LogP contribution in [-0.4, -0.2) is 13.7 Å². The van der Waals surface area contributed by atoms with E-state index in [-0.39, 0.29) is 0 Å². The number of aromatic nitrogens is 3. The summed E-state index contributed by atoms with van der Waals surface area (Å²) >= 11 is 1.91. The Morgan fingerprint density at radius 3 is 1.66 bits per heavy atom. The largest absolute Gasteiger partial charge is 0.309 e. The minimum atomic E-state index is -0.559. The molecule has 0 radical (unpaired) electrons. The summed E-state index contributed by atoms with van der Waals surface area (Å²) in [5.74, 6) is 0. The van der Waals surface area contributed by atoms with Gasteiger partial charge in [-0.2, -0.15) is 0 Å². The summed E-state index contributed by atoms with van der Waals surface area (Å²) in [5.41, 5.74) is 15.6. The van der Waals surface area contributed by atoms with E-state index in [1.807, 2.05) is 11.8 Å². The Morgan fingerprint density at radius 1 is 0.305 bits per heavy atom. The van der Waals surface area contributed by atoms with Gasteiger partial charge in [-0.15, -0.1) is 0 Å². The molecule has 2 aliphatic rings. The van der Waals surface area contributed by atoms with Gasteiger partial charge in [-0.25, -0.2) is 0 Å². The maximum absolute atomic E-state index is 2.55. The molecule has 59 heavy (non-hydrogen) atoms. The molecule has 0 saturated carbocycles. The fourth-order valence-corrected chi connectivity index (χ4v) is 12.2. The summed E-state index contributed by atoms with van der Waals surface area (Å²) in [4.78, 5) is 2.61. The summed E-state index contributed by atoms with van der Waals surface area (Å²) in [6, 6.07) is 74.8. The molecule has 1 unspecified atom stereocenters. The molecule has 1 spiro atoms. The SMILES string of the molecule is c1ccc(-n2c3ccccc3c3ccc(-n4c5ccccc5c5cc6c(cc54)C4(c5ccccc5S6)c5ccccc5-n5c6ccccc6c6cccc4c65)cc32)cc1. The fraction of sp³-hybridized carbons (Fsp3) is 0.0182. The first-order valence-corrected chi connectivity index (χ1v) is 21.2. The van der Waals surface area contributed by atoms with Gasteiger partial charge < -0.3 is 13.7 Å². The van der Waals surface area contributed by atoms with Gasteiger partial charge in [-0.1, -0.05) is 145 Å². The van der Waals surface area contributed by atoms with E-state index in [4.69, 9.17) is 0 Å². The van der Waals surface area contributed by atoms with Crippen molar-refractivity contribution in [2.45, 2.75) is 15.2 Å². The summed E-state index contributed by atoms with van der Waals surface area (Å²) < 4.78 is 7.47. The van der Waals surface area contributed by atoms with Crippen LogP contribution in [-0.2, 0) is 5.41 Å². The Balaban J connectivity index is 1.13. The molecular formula is C55H33N3S. The molecule has 4 heteroatoms. The number of rotatable bonds is 2. The lowest BCUT2D eigenvalue weighted by Crippen LogP contribution is -2.37. The highest BCUT2D eigenvalue weighted by Gasteiger charge is 2.49. The van der Waals surface area contributed by atoms with E-state index in [1.54, 1.807) is 0 Å². The smallest absolute Gasteiger partial charge is 0.0765 e.